The number of rotatable bonds is 7. The second-order valence-corrected chi connectivity index (χ2v) is 13.8. The van der Waals surface area contributed by atoms with Crippen molar-refractivity contribution in [3.8, 4) is 22.6 Å². The maximum absolute atomic E-state index is 15.3. The van der Waals surface area contributed by atoms with Gasteiger partial charge in [0.2, 0.25) is 5.91 Å². The minimum absolute atomic E-state index is 0.00614. The monoisotopic (exact) mass is 646 g/mol. The molecule has 0 spiro atoms. The number of alkyl halides is 3. The van der Waals surface area contributed by atoms with Gasteiger partial charge in [0, 0.05) is 34.8 Å². The quantitative estimate of drug-likeness (QED) is 0.302. The van der Waals surface area contributed by atoms with Crippen LogP contribution in [0.3, 0.4) is 0 Å². The number of ether oxygens (including phenoxy) is 2. The van der Waals surface area contributed by atoms with E-state index in [4.69, 9.17) is 9.47 Å². The fourth-order valence-corrected chi connectivity index (χ4v) is 7.67. The Hall–Kier alpha value is -4.13. The summed E-state index contributed by atoms with van der Waals surface area (Å²) < 4.78 is 89.3. The molecule has 0 aromatic heterocycles. The number of hydrogen-bond acceptors (Lipinski definition) is 6. The molecule has 3 aromatic rings. The van der Waals surface area contributed by atoms with Gasteiger partial charge in [-0.05, 0) is 67.0 Å². The minimum atomic E-state index is -5.61. The molecule has 13 heteroatoms. The molecule has 1 heterocycles. The maximum atomic E-state index is 15.3. The summed E-state index contributed by atoms with van der Waals surface area (Å²) in [7, 11) is -4.30. The van der Waals surface area contributed by atoms with E-state index < -0.39 is 49.8 Å². The summed E-state index contributed by atoms with van der Waals surface area (Å²) >= 11 is 0. The van der Waals surface area contributed by atoms with Crippen LogP contribution in [0.1, 0.15) is 48.0 Å². The minimum Gasteiger partial charge on any atom is -0.496 e. The number of benzene rings is 3. The van der Waals surface area contributed by atoms with Crippen LogP contribution in [0.4, 0.5) is 23.2 Å². The molecule has 6 rings (SSSR count). The van der Waals surface area contributed by atoms with E-state index in [0.717, 1.165) is 42.7 Å². The number of carbonyl (C=O) groups is 2. The van der Waals surface area contributed by atoms with Crippen LogP contribution in [0.15, 0.2) is 59.5 Å². The zero-order chi connectivity index (χ0) is 32.3. The summed E-state index contributed by atoms with van der Waals surface area (Å²) in [5.74, 6) is -1.71. The highest BCUT2D eigenvalue weighted by Crippen LogP contribution is 2.49. The maximum Gasteiger partial charge on any atom is 0.501 e. The van der Waals surface area contributed by atoms with Crippen molar-refractivity contribution in [1.82, 2.24) is 5.32 Å². The largest absolute Gasteiger partial charge is 0.501 e. The molecule has 0 unspecified atom stereocenters. The molecule has 1 aliphatic heterocycles. The predicted octanol–water partition coefficient (Wildman–Crippen LogP) is 6.07. The summed E-state index contributed by atoms with van der Waals surface area (Å²) in [5, 5.41) is 5.50. The third-order valence-corrected chi connectivity index (χ3v) is 10.6. The van der Waals surface area contributed by atoms with Crippen LogP contribution in [0.2, 0.25) is 0 Å². The van der Waals surface area contributed by atoms with Crippen LogP contribution in [-0.4, -0.2) is 45.5 Å². The smallest absolute Gasteiger partial charge is 0.496 e. The first kappa shape index (κ1) is 30.9. The van der Waals surface area contributed by atoms with Crippen molar-refractivity contribution in [2.24, 2.45) is 17.8 Å². The molecular weight excluding hydrogens is 616 g/mol. The number of hydrogen-bond donors (Lipinski definition) is 2. The van der Waals surface area contributed by atoms with Crippen LogP contribution < -0.4 is 20.1 Å². The molecule has 0 saturated heterocycles. The molecule has 2 bridgehead atoms. The molecule has 2 N–H and O–H groups in total. The van der Waals surface area contributed by atoms with Crippen LogP contribution in [-0.2, 0) is 14.6 Å². The van der Waals surface area contributed by atoms with Crippen LogP contribution >= 0.6 is 0 Å². The standard InChI is InChI=1S/C32H30F4N2O6S/c1-16-15-44-27-11-17(8-9-22(16)27)23-13-24(26(43-2)14-25(23)33)30(39)38-29-19-7-6-18(10-19)28(29)31(40)37-20-4-3-5-21(12-20)45(41,42)32(34,35)36/h3-5,8-9,11-14,16,18-19,28-29H,6-7,10,15H2,1-2H3,(H,37,40)(H,38,39)/t16-,18-,19+,28+,29-/m1/s1. The van der Waals surface area contributed by atoms with Crippen molar-refractivity contribution in [2.75, 3.05) is 19.0 Å². The first-order valence-electron chi connectivity index (χ1n) is 14.5. The topological polar surface area (TPSA) is 111 Å². The van der Waals surface area contributed by atoms with Crippen molar-refractivity contribution in [3.05, 3.63) is 71.5 Å². The lowest BCUT2D eigenvalue weighted by Crippen LogP contribution is -2.48. The summed E-state index contributed by atoms with van der Waals surface area (Å²) in [5.41, 5.74) is -3.85. The Kier molecular flexibility index (Phi) is 7.78. The molecule has 2 saturated carbocycles. The van der Waals surface area contributed by atoms with Crippen molar-refractivity contribution in [3.63, 3.8) is 0 Å². The van der Waals surface area contributed by atoms with Gasteiger partial charge in [0.1, 0.15) is 17.3 Å². The number of amides is 2. The van der Waals surface area contributed by atoms with Crippen molar-refractivity contribution >= 4 is 27.3 Å². The predicted molar refractivity (Wildman–Crippen MR) is 156 cm³/mol. The van der Waals surface area contributed by atoms with E-state index in [2.05, 4.69) is 10.6 Å². The number of fused-ring (bicyclic) bond motifs is 3. The molecule has 2 amide bonds. The number of carbonyl (C=O) groups excluding carboxylic acids is 2. The van der Waals surface area contributed by atoms with Gasteiger partial charge in [0.05, 0.1) is 30.1 Å². The highest BCUT2D eigenvalue weighted by Gasteiger charge is 2.52. The molecule has 2 fully saturated rings. The van der Waals surface area contributed by atoms with E-state index >= 15 is 4.39 Å². The Morgan fingerprint density at radius 2 is 1.78 bits per heavy atom. The van der Waals surface area contributed by atoms with E-state index in [-0.39, 0.29) is 40.3 Å². The average molecular weight is 647 g/mol. The van der Waals surface area contributed by atoms with Crippen molar-refractivity contribution in [2.45, 2.75) is 48.5 Å². The summed E-state index contributed by atoms with van der Waals surface area (Å²) in [6.45, 7) is 2.55. The van der Waals surface area contributed by atoms with Crippen molar-refractivity contribution in [1.29, 1.82) is 0 Å². The van der Waals surface area contributed by atoms with Gasteiger partial charge in [0.25, 0.3) is 15.7 Å². The number of nitrogens with one attached hydrogen (secondary N) is 2. The Balaban J connectivity index is 1.25. The number of sulfone groups is 1. The summed E-state index contributed by atoms with van der Waals surface area (Å²) in [6.07, 6.45) is 2.14. The van der Waals surface area contributed by atoms with Gasteiger partial charge >= 0.3 is 5.51 Å². The molecule has 0 radical (unpaired) electrons. The second-order valence-electron chi connectivity index (χ2n) is 11.8. The molecule has 5 atom stereocenters. The molecule has 3 aromatic carbocycles. The van der Waals surface area contributed by atoms with E-state index in [1.165, 1.54) is 19.2 Å². The lowest BCUT2D eigenvalue weighted by molar-refractivity contribution is -0.122. The van der Waals surface area contributed by atoms with E-state index in [0.29, 0.717) is 24.3 Å². The third-order valence-electron chi connectivity index (χ3n) is 9.11. The summed E-state index contributed by atoms with van der Waals surface area (Å²) in [4.78, 5) is 26.2. The average Bonchev–Trinajstić information content (AvgIpc) is 3.71. The van der Waals surface area contributed by atoms with Gasteiger partial charge in [-0.2, -0.15) is 13.2 Å². The summed E-state index contributed by atoms with van der Waals surface area (Å²) in [6, 6.07) is 11.3. The number of methoxy groups -OCH3 is 1. The van der Waals surface area contributed by atoms with E-state index in [9.17, 15) is 31.2 Å². The molecule has 2 aliphatic carbocycles. The van der Waals surface area contributed by atoms with Gasteiger partial charge in [-0.1, -0.05) is 25.1 Å². The van der Waals surface area contributed by atoms with E-state index in [1.807, 2.05) is 13.0 Å². The first-order valence-corrected chi connectivity index (χ1v) is 15.9. The molecule has 3 aliphatic rings. The zero-order valence-corrected chi connectivity index (χ0v) is 25.1. The molecule has 238 valence electrons. The Morgan fingerprint density at radius 3 is 2.51 bits per heavy atom. The van der Waals surface area contributed by atoms with Crippen LogP contribution in [0, 0.1) is 23.6 Å². The highest BCUT2D eigenvalue weighted by atomic mass is 32.2. The Bertz CT molecular complexity index is 1790. The fourth-order valence-electron chi connectivity index (χ4n) is 6.87. The highest BCUT2D eigenvalue weighted by molar-refractivity contribution is 7.92. The Labute approximate surface area is 257 Å². The fraction of sp³-hybridized carbons (Fsp3) is 0.375. The first-order chi connectivity index (χ1) is 21.3. The molecule has 8 nitrogen and oxygen atoms in total. The van der Waals surface area contributed by atoms with Crippen LogP contribution in [0.5, 0.6) is 11.5 Å². The van der Waals surface area contributed by atoms with E-state index in [1.54, 1.807) is 12.1 Å². The lowest BCUT2D eigenvalue weighted by Gasteiger charge is -2.31. The zero-order valence-electron chi connectivity index (χ0n) is 24.3. The molecular formula is C32H30F4N2O6S. The third kappa shape index (κ3) is 5.51. The Morgan fingerprint density at radius 1 is 1.02 bits per heavy atom. The normalized spacial score (nSPS) is 23.7. The SMILES string of the molecule is COc1cc(F)c(-c2ccc3c(c2)OC[C@H]3C)cc1C(=O)N[C@@H]1[C@H]2CC[C@H](C2)[C@@H]1C(=O)Nc1cccc(S(=O)(=O)C(F)(F)F)c1. The van der Waals surface area contributed by atoms with Gasteiger partial charge in [-0.25, -0.2) is 12.8 Å². The number of anilines is 1. The number of halogens is 4. The lowest BCUT2D eigenvalue weighted by atomic mass is 9.83. The van der Waals surface area contributed by atoms with Crippen molar-refractivity contribution < 1.29 is 45.0 Å². The van der Waals surface area contributed by atoms with Crippen LogP contribution in [0.25, 0.3) is 11.1 Å². The second kappa shape index (κ2) is 11.3. The molecule has 45 heavy (non-hydrogen) atoms. The van der Waals surface area contributed by atoms with Gasteiger partial charge in [0.15, 0.2) is 0 Å². The van der Waals surface area contributed by atoms with Gasteiger partial charge in [-0.3, -0.25) is 9.59 Å². The van der Waals surface area contributed by atoms with Gasteiger partial charge in [-0.15, -0.1) is 0 Å². The van der Waals surface area contributed by atoms with Gasteiger partial charge < -0.3 is 20.1 Å².